The van der Waals surface area contributed by atoms with Crippen molar-refractivity contribution in [2.45, 2.75) is 51.1 Å². The molecule has 0 N–H and O–H groups in total. The predicted molar refractivity (Wildman–Crippen MR) is 91.6 cm³/mol. The van der Waals surface area contributed by atoms with Gasteiger partial charge in [0.05, 0.1) is 6.07 Å². The van der Waals surface area contributed by atoms with Gasteiger partial charge >= 0.3 is 0 Å². The van der Waals surface area contributed by atoms with E-state index in [0.29, 0.717) is 12.5 Å². The summed E-state index contributed by atoms with van der Waals surface area (Å²) in [5.41, 5.74) is 1.41. The molecular weight excluding hydrogens is 268 g/mol. The van der Waals surface area contributed by atoms with Gasteiger partial charge in [-0.1, -0.05) is 36.4 Å². The number of nitriles is 1. The molecule has 0 bridgehead atoms. The van der Waals surface area contributed by atoms with Gasteiger partial charge in [-0.05, 0) is 61.6 Å². The summed E-state index contributed by atoms with van der Waals surface area (Å²) in [5, 5.41) is 11.3. The first-order valence-corrected chi connectivity index (χ1v) is 8.41. The van der Waals surface area contributed by atoms with Crippen molar-refractivity contribution >= 4 is 10.8 Å². The van der Waals surface area contributed by atoms with Crippen LogP contribution < -0.4 is 0 Å². The molecule has 1 fully saturated rings. The molecule has 1 saturated carbocycles. The number of unbranched alkanes of at least 4 members (excludes halogenated alkanes) is 2. The molecule has 0 radical (unpaired) electrons. The quantitative estimate of drug-likeness (QED) is 0.667. The number of nitrogens with zero attached hydrogens (tertiary/aromatic N) is 2. The van der Waals surface area contributed by atoms with E-state index in [1.807, 2.05) is 0 Å². The zero-order valence-corrected chi connectivity index (χ0v) is 13.3. The molecule has 2 heteroatoms. The summed E-state index contributed by atoms with van der Waals surface area (Å²) in [7, 11) is 0. The Hall–Kier alpha value is -1.85. The van der Waals surface area contributed by atoms with Crippen LogP contribution in [0.5, 0.6) is 0 Å². The molecule has 22 heavy (non-hydrogen) atoms. The second kappa shape index (κ2) is 6.94. The highest BCUT2D eigenvalue weighted by Crippen LogP contribution is 2.35. The Morgan fingerprint density at radius 1 is 1.14 bits per heavy atom. The second-order valence-electron chi connectivity index (χ2n) is 6.37. The number of hydrogen-bond donors (Lipinski definition) is 0. The fourth-order valence-electron chi connectivity index (χ4n) is 3.26. The minimum atomic E-state index is 0.458. The topological polar surface area (TPSA) is 27.0 Å². The molecule has 1 atom stereocenters. The standard InChI is InChI=1S/C20H24N2/c1-16(22(20-11-12-20)14-6-2-5-13-21)18-10-9-17-7-3-4-8-19(17)15-18/h3-4,7-10,15-16,20H,2,5-6,11-12,14H2,1H3. The smallest absolute Gasteiger partial charge is 0.0621 e. The van der Waals surface area contributed by atoms with Gasteiger partial charge in [-0.25, -0.2) is 0 Å². The number of hydrogen-bond acceptors (Lipinski definition) is 2. The highest BCUT2D eigenvalue weighted by molar-refractivity contribution is 5.83. The molecule has 1 aliphatic carbocycles. The van der Waals surface area contributed by atoms with Crippen molar-refractivity contribution in [1.29, 1.82) is 5.26 Å². The average molecular weight is 292 g/mol. The molecule has 0 saturated heterocycles. The normalized spacial score (nSPS) is 15.9. The maximum Gasteiger partial charge on any atom is 0.0621 e. The summed E-state index contributed by atoms with van der Waals surface area (Å²) in [5.74, 6) is 0. The Bertz CT molecular complexity index is 667. The van der Waals surface area contributed by atoms with Gasteiger partial charge in [0.2, 0.25) is 0 Å². The summed E-state index contributed by atoms with van der Waals surface area (Å²) >= 11 is 0. The summed E-state index contributed by atoms with van der Waals surface area (Å²) in [6.45, 7) is 3.44. The van der Waals surface area contributed by atoms with Crippen LogP contribution in [-0.4, -0.2) is 17.5 Å². The van der Waals surface area contributed by atoms with Gasteiger partial charge in [-0.15, -0.1) is 0 Å². The number of fused-ring (bicyclic) bond motifs is 1. The van der Waals surface area contributed by atoms with E-state index < -0.39 is 0 Å². The lowest BCUT2D eigenvalue weighted by Gasteiger charge is -2.29. The minimum absolute atomic E-state index is 0.458. The van der Waals surface area contributed by atoms with Gasteiger partial charge in [-0.3, -0.25) is 4.90 Å². The number of benzene rings is 2. The first-order chi connectivity index (χ1) is 10.8. The molecule has 0 amide bonds. The maximum absolute atomic E-state index is 8.68. The van der Waals surface area contributed by atoms with Crippen molar-refractivity contribution in [1.82, 2.24) is 4.90 Å². The van der Waals surface area contributed by atoms with E-state index >= 15 is 0 Å². The Morgan fingerprint density at radius 3 is 2.64 bits per heavy atom. The Morgan fingerprint density at radius 2 is 1.91 bits per heavy atom. The summed E-state index contributed by atoms with van der Waals surface area (Å²) < 4.78 is 0. The molecule has 3 rings (SSSR count). The lowest BCUT2D eigenvalue weighted by Crippen LogP contribution is -2.30. The first kappa shape index (κ1) is 15.1. The van der Waals surface area contributed by atoms with Crippen molar-refractivity contribution < 1.29 is 0 Å². The molecule has 0 aliphatic heterocycles. The van der Waals surface area contributed by atoms with Crippen molar-refractivity contribution in [3.8, 4) is 6.07 Å². The second-order valence-corrected chi connectivity index (χ2v) is 6.37. The molecular formula is C20H24N2. The van der Waals surface area contributed by atoms with Crippen molar-refractivity contribution in [2.24, 2.45) is 0 Å². The van der Waals surface area contributed by atoms with E-state index in [-0.39, 0.29) is 0 Å². The van der Waals surface area contributed by atoms with Crippen LogP contribution in [0.2, 0.25) is 0 Å². The van der Waals surface area contributed by atoms with Crippen LogP contribution in [0.4, 0.5) is 0 Å². The molecule has 114 valence electrons. The lowest BCUT2D eigenvalue weighted by atomic mass is 10.0. The summed E-state index contributed by atoms with van der Waals surface area (Å²) in [6, 6.07) is 18.9. The van der Waals surface area contributed by atoms with Crippen LogP contribution >= 0.6 is 0 Å². The van der Waals surface area contributed by atoms with Crippen molar-refractivity contribution in [2.75, 3.05) is 6.54 Å². The molecule has 2 aromatic carbocycles. The fraction of sp³-hybridized carbons (Fsp3) is 0.450. The van der Waals surface area contributed by atoms with E-state index in [1.54, 1.807) is 0 Å². The molecule has 0 heterocycles. The first-order valence-electron chi connectivity index (χ1n) is 8.41. The molecule has 0 spiro atoms. The molecule has 1 unspecified atom stereocenters. The zero-order chi connectivity index (χ0) is 15.4. The Kier molecular flexibility index (Phi) is 4.75. The van der Waals surface area contributed by atoms with Crippen LogP contribution in [-0.2, 0) is 0 Å². The third kappa shape index (κ3) is 3.48. The third-order valence-corrected chi connectivity index (χ3v) is 4.72. The van der Waals surface area contributed by atoms with Crippen LogP contribution in [0.3, 0.4) is 0 Å². The Labute approximate surface area is 133 Å². The largest absolute Gasteiger partial charge is 0.294 e. The SMILES string of the molecule is CC(c1ccc2ccccc2c1)N(CCCCC#N)C1CC1. The third-order valence-electron chi connectivity index (χ3n) is 4.72. The highest BCUT2D eigenvalue weighted by Gasteiger charge is 2.32. The number of rotatable bonds is 7. The van der Waals surface area contributed by atoms with Crippen LogP contribution in [0.15, 0.2) is 42.5 Å². The van der Waals surface area contributed by atoms with Gasteiger partial charge < -0.3 is 0 Å². The van der Waals surface area contributed by atoms with Gasteiger partial charge in [-0.2, -0.15) is 5.26 Å². The van der Waals surface area contributed by atoms with Crippen molar-refractivity contribution in [3.63, 3.8) is 0 Å². The zero-order valence-electron chi connectivity index (χ0n) is 13.3. The van der Waals surface area contributed by atoms with E-state index in [0.717, 1.165) is 25.4 Å². The minimum Gasteiger partial charge on any atom is -0.294 e. The van der Waals surface area contributed by atoms with Gasteiger partial charge in [0.1, 0.15) is 0 Å². The van der Waals surface area contributed by atoms with E-state index in [1.165, 1.54) is 29.2 Å². The van der Waals surface area contributed by atoms with Crippen LogP contribution in [0.1, 0.15) is 50.6 Å². The summed E-state index contributed by atoms with van der Waals surface area (Å²) in [6.07, 6.45) is 5.49. The van der Waals surface area contributed by atoms with Crippen LogP contribution in [0.25, 0.3) is 10.8 Å². The van der Waals surface area contributed by atoms with Gasteiger partial charge in [0, 0.05) is 18.5 Å². The molecule has 2 nitrogen and oxygen atoms in total. The maximum atomic E-state index is 8.68. The summed E-state index contributed by atoms with van der Waals surface area (Å²) in [4.78, 5) is 2.64. The predicted octanol–water partition coefficient (Wildman–Crippen LogP) is 5.06. The molecule has 1 aliphatic rings. The van der Waals surface area contributed by atoms with E-state index in [9.17, 15) is 0 Å². The van der Waals surface area contributed by atoms with E-state index in [4.69, 9.17) is 5.26 Å². The van der Waals surface area contributed by atoms with Crippen molar-refractivity contribution in [3.05, 3.63) is 48.0 Å². The van der Waals surface area contributed by atoms with Crippen LogP contribution in [0, 0.1) is 11.3 Å². The Balaban J connectivity index is 1.73. The van der Waals surface area contributed by atoms with Gasteiger partial charge in [0.15, 0.2) is 0 Å². The lowest BCUT2D eigenvalue weighted by molar-refractivity contribution is 0.196. The van der Waals surface area contributed by atoms with Gasteiger partial charge in [0.25, 0.3) is 0 Å². The molecule has 2 aromatic rings. The molecule has 0 aromatic heterocycles. The monoisotopic (exact) mass is 292 g/mol. The fourth-order valence-corrected chi connectivity index (χ4v) is 3.26. The average Bonchev–Trinajstić information content (AvgIpc) is 3.39. The highest BCUT2D eigenvalue weighted by atomic mass is 15.2. The van der Waals surface area contributed by atoms with E-state index in [2.05, 4.69) is 60.4 Å².